The van der Waals surface area contributed by atoms with Crippen molar-refractivity contribution in [2.24, 2.45) is 0 Å². The van der Waals surface area contributed by atoms with Crippen molar-refractivity contribution in [1.29, 1.82) is 0 Å². The fourth-order valence-corrected chi connectivity index (χ4v) is 1.34. The van der Waals surface area contributed by atoms with E-state index in [0.29, 0.717) is 5.75 Å². The van der Waals surface area contributed by atoms with Crippen molar-refractivity contribution in [1.82, 2.24) is 4.90 Å². The van der Waals surface area contributed by atoms with Gasteiger partial charge in [0.2, 0.25) is 0 Å². The van der Waals surface area contributed by atoms with E-state index in [0.717, 1.165) is 4.90 Å². The average molecular weight is 267 g/mol. The van der Waals surface area contributed by atoms with Gasteiger partial charge in [-0.05, 0) is 24.3 Å². The largest absolute Gasteiger partial charge is 0.484 e. The number of nitrogens with zero attached hydrogens (tertiary/aromatic N) is 1. The normalized spacial score (nSPS) is 9.74. The molecule has 0 heterocycles. The van der Waals surface area contributed by atoms with Gasteiger partial charge in [0, 0.05) is 6.54 Å². The van der Waals surface area contributed by atoms with Crippen LogP contribution in [0, 0.1) is 5.82 Å². The van der Waals surface area contributed by atoms with Gasteiger partial charge in [0.1, 0.15) is 18.1 Å². The van der Waals surface area contributed by atoms with Gasteiger partial charge in [0.05, 0.1) is 0 Å². The molecular formula is C13H14FNO4. The minimum atomic E-state index is -1.11. The lowest BCUT2D eigenvalue weighted by Crippen LogP contribution is -2.38. The van der Waals surface area contributed by atoms with Crippen LogP contribution in [0.25, 0.3) is 0 Å². The Bertz CT molecular complexity index is 458. The number of rotatable bonds is 7. The van der Waals surface area contributed by atoms with Crippen LogP contribution in [0.1, 0.15) is 0 Å². The Balaban J connectivity index is 2.54. The van der Waals surface area contributed by atoms with Crippen molar-refractivity contribution < 1.29 is 23.8 Å². The summed E-state index contributed by atoms with van der Waals surface area (Å²) in [6.45, 7) is 2.84. The fraction of sp³-hybridized carbons (Fsp3) is 0.231. The molecule has 0 unspecified atom stereocenters. The van der Waals surface area contributed by atoms with E-state index < -0.39 is 24.2 Å². The van der Waals surface area contributed by atoms with Crippen LogP contribution in [0.3, 0.4) is 0 Å². The SMILES string of the molecule is C=CCN(CC(=O)O)C(=O)COc1ccc(F)cc1. The monoisotopic (exact) mass is 267 g/mol. The lowest BCUT2D eigenvalue weighted by atomic mass is 10.3. The molecule has 5 nitrogen and oxygen atoms in total. The molecule has 0 fully saturated rings. The van der Waals surface area contributed by atoms with Crippen LogP contribution in [0.5, 0.6) is 5.75 Å². The molecule has 1 aromatic rings. The van der Waals surface area contributed by atoms with E-state index in [2.05, 4.69) is 6.58 Å². The summed E-state index contributed by atoms with van der Waals surface area (Å²) in [4.78, 5) is 23.4. The number of carboxylic acid groups (broad SMARTS) is 1. The molecule has 0 aliphatic rings. The van der Waals surface area contributed by atoms with Crippen molar-refractivity contribution in [2.45, 2.75) is 0 Å². The van der Waals surface area contributed by atoms with E-state index in [-0.39, 0.29) is 13.2 Å². The van der Waals surface area contributed by atoms with E-state index in [9.17, 15) is 14.0 Å². The molecule has 1 amide bonds. The lowest BCUT2D eigenvalue weighted by Gasteiger charge is -2.18. The van der Waals surface area contributed by atoms with Gasteiger partial charge in [-0.2, -0.15) is 0 Å². The molecule has 1 aromatic carbocycles. The van der Waals surface area contributed by atoms with Crippen LogP contribution in [-0.2, 0) is 9.59 Å². The number of halogens is 1. The van der Waals surface area contributed by atoms with E-state index >= 15 is 0 Å². The first-order chi connectivity index (χ1) is 9.02. The number of carboxylic acids is 1. The molecular weight excluding hydrogens is 253 g/mol. The number of carbonyl (C=O) groups is 2. The zero-order valence-corrected chi connectivity index (χ0v) is 10.2. The highest BCUT2D eigenvalue weighted by atomic mass is 19.1. The molecule has 102 valence electrons. The minimum absolute atomic E-state index is 0.123. The smallest absolute Gasteiger partial charge is 0.323 e. The second-order valence-electron chi connectivity index (χ2n) is 3.70. The quantitative estimate of drug-likeness (QED) is 0.756. The molecule has 6 heteroatoms. The van der Waals surface area contributed by atoms with Crippen molar-refractivity contribution >= 4 is 11.9 Å². The topological polar surface area (TPSA) is 66.8 Å². The van der Waals surface area contributed by atoms with Gasteiger partial charge in [0.15, 0.2) is 6.61 Å². The third kappa shape index (κ3) is 5.20. The Morgan fingerprint density at radius 1 is 1.37 bits per heavy atom. The molecule has 19 heavy (non-hydrogen) atoms. The predicted octanol–water partition coefficient (Wildman–Crippen LogP) is 1.30. The summed E-state index contributed by atoms with van der Waals surface area (Å²) in [6.07, 6.45) is 1.43. The van der Waals surface area contributed by atoms with Crippen molar-refractivity contribution in [3.05, 3.63) is 42.7 Å². The summed E-state index contributed by atoms with van der Waals surface area (Å²) >= 11 is 0. The average Bonchev–Trinajstić information content (AvgIpc) is 2.37. The number of aliphatic carboxylic acids is 1. The maximum absolute atomic E-state index is 12.7. The fourth-order valence-electron chi connectivity index (χ4n) is 1.34. The Morgan fingerprint density at radius 2 is 2.00 bits per heavy atom. The number of carbonyl (C=O) groups excluding carboxylic acids is 1. The number of amides is 1. The van der Waals surface area contributed by atoms with Crippen molar-refractivity contribution in [2.75, 3.05) is 19.7 Å². The Hall–Kier alpha value is -2.37. The first kappa shape index (κ1) is 14.7. The summed E-state index contributed by atoms with van der Waals surface area (Å²) in [7, 11) is 0. The number of hydrogen-bond donors (Lipinski definition) is 1. The number of ether oxygens (including phenoxy) is 1. The minimum Gasteiger partial charge on any atom is -0.484 e. The summed E-state index contributed by atoms with van der Waals surface area (Å²) in [6, 6.07) is 5.19. The van der Waals surface area contributed by atoms with E-state index in [4.69, 9.17) is 9.84 Å². The highest BCUT2D eigenvalue weighted by molar-refractivity contribution is 5.82. The summed E-state index contributed by atoms with van der Waals surface area (Å²) < 4.78 is 17.8. The van der Waals surface area contributed by atoms with Crippen LogP contribution in [0.2, 0.25) is 0 Å². The van der Waals surface area contributed by atoms with Gasteiger partial charge < -0.3 is 14.7 Å². The Labute approximate surface area is 109 Å². The summed E-state index contributed by atoms with van der Waals surface area (Å²) in [5, 5.41) is 8.66. The van der Waals surface area contributed by atoms with E-state index in [1.54, 1.807) is 0 Å². The van der Waals surface area contributed by atoms with Gasteiger partial charge in [0.25, 0.3) is 5.91 Å². The van der Waals surface area contributed by atoms with Gasteiger partial charge in [-0.15, -0.1) is 6.58 Å². The maximum atomic E-state index is 12.7. The van der Waals surface area contributed by atoms with Crippen molar-refractivity contribution in [3.8, 4) is 5.75 Å². The van der Waals surface area contributed by atoms with E-state index in [1.807, 2.05) is 0 Å². The van der Waals surface area contributed by atoms with Gasteiger partial charge >= 0.3 is 5.97 Å². The third-order valence-corrected chi connectivity index (χ3v) is 2.20. The molecule has 0 aliphatic heterocycles. The van der Waals surface area contributed by atoms with Crippen LogP contribution in [0.15, 0.2) is 36.9 Å². The maximum Gasteiger partial charge on any atom is 0.323 e. The molecule has 1 rings (SSSR count). The Kier molecular flexibility index (Phi) is 5.53. The first-order valence-corrected chi connectivity index (χ1v) is 5.51. The number of benzene rings is 1. The molecule has 0 saturated carbocycles. The zero-order valence-electron chi connectivity index (χ0n) is 10.2. The van der Waals surface area contributed by atoms with Gasteiger partial charge in [-0.3, -0.25) is 9.59 Å². The lowest BCUT2D eigenvalue weighted by molar-refractivity contribution is -0.144. The third-order valence-electron chi connectivity index (χ3n) is 2.20. The van der Waals surface area contributed by atoms with Gasteiger partial charge in [-0.1, -0.05) is 6.08 Å². The molecule has 0 saturated heterocycles. The standard InChI is InChI=1S/C13H14FNO4/c1-2-7-15(8-13(17)18)12(16)9-19-11-5-3-10(14)4-6-11/h2-6H,1,7-9H2,(H,17,18). The molecule has 0 bridgehead atoms. The first-order valence-electron chi connectivity index (χ1n) is 5.51. The summed E-state index contributed by atoms with van der Waals surface area (Å²) in [5.74, 6) is -1.66. The Morgan fingerprint density at radius 3 is 2.53 bits per heavy atom. The molecule has 1 N–H and O–H groups in total. The molecule has 0 radical (unpaired) electrons. The van der Waals surface area contributed by atoms with Crippen LogP contribution in [0.4, 0.5) is 4.39 Å². The van der Waals surface area contributed by atoms with Gasteiger partial charge in [-0.25, -0.2) is 4.39 Å². The number of hydrogen-bond acceptors (Lipinski definition) is 3. The molecule has 0 atom stereocenters. The molecule has 0 spiro atoms. The summed E-state index contributed by atoms with van der Waals surface area (Å²) in [5.41, 5.74) is 0. The van der Waals surface area contributed by atoms with Crippen LogP contribution >= 0.6 is 0 Å². The highest BCUT2D eigenvalue weighted by Crippen LogP contribution is 2.11. The zero-order chi connectivity index (χ0) is 14.3. The highest BCUT2D eigenvalue weighted by Gasteiger charge is 2.15. The second-order valence-corrected chi connectivity index (χ2v) is 3.70. The predicted molar refractivity (Wildman–Crippen MR) is 66.3 cm³/mol. The van der Waals surface area contributed by atoms with Crippen molar-refractivity contribution in [3.63, 3.8) is 0 Å². The van der Waals surface area contributed by atoms with Crippen LogP contribution < -0.4 is 4.74 Å². The van der Waals surface area contributed by atoms with E-state index in [1.165, 1.54) is 30.3 Å². The second kappa shape index (κ2) is 7.15. The van der Waals surface area contributed by atoms with Crippen LogP contribution in [-0.4, -0.2) is 41.6 Å². The molecule has 0 aromatic heterocycles. The molecule has 0 aliphatic carbocycles.